The van der Waals surface area contributed by atoms with Crippen molar-refractivity contribution in [2.24, 2.45) is 7.05 Å². The van der Waals surface area contributed by atoms with Crippen molar-refractivity contribution in [2.45, 2.75) is 44.2 Å². The molecule has 1 fully saturated rings. The summed E-state index contributed by atoms with van der Waals surface area (Å²) in [5, 5.41) is 4.28. The number of likely N-dealkylation sites (tertiary alicyclic amines) is 1. The fraction of sp³-hybridized carbons (Fsp3) is 0.733. The Balaban J connectivity index is 2.24. The smallest absolute Gasteiger partial charge is 0.274 e. The summed E-state index contributed by atoms with van der Waals surface area (Å²) in [6.07, 6.45) is 2.14. The number of carbonyl (C=O) groups excluding carboxylic acids is 1. The van der Waals surface area contributed by atoms with Gasteiger partial charge in [-0.2, -0.15) is 5.10 Å². The zero-order valence-electron chi connectivity index (χ0n) is 13.8. The molecule has 0 aromatic carbocycles. The first-order valence-electron chi connectivity index (χ1n) is 7.84. The number of nitrogen functional groups attached to an aromatic ring is 1. The maximum Gasteiger partial charge on any atom is 0.274 e. The van der Waals surface area contributed by atoms with Crippen LogP contribution < -0.4 is 5.73 Å². The summed E-state index contributed by atoms with van der Waals surface area (Å²) in [6, 6.07) is 0.289. The van der Waals surface area contributed by atoms with Crippen LogP contribution in [0.2, 0.25) is 0 Å². The molecule has 124 valence electrons. The van der Waals surface area contributed by atoms with Gasteiger partial charge in [0.15, 0.2) is 0 Å². The van der Waals surface area contributed by atoms with Crippen molar-refractivity contribution in [1.82, 2.24) is 14.7 Å². The van der Waals surface area contributed by atoms with Gasteiger partial charge in [0.2, 0.25) is 0 Å². The minimum absolute atomic E-state index is 0.0292. The van der Waals surface area contributed by atoms with Gasteiger partial charge in [-0.15, -0.1) is 23.5 Å². The van der Waals surface area contributed by atoms with Crippen LogP contribution in [0.15, 0.2) is 0 Å². The number of amides is 1. The number of carbonyl (C=O) groups is 1. The number of rotatable bonds is 6. The average Bonchev–Trinajstić information content (AvgIpc) is 3.04. The van der Waals surface area contributed by atoms with Gasteiger partial charge in [-0.1, -0.05) is 13.8 Å². The van der Waals surface area contributed by atoms with Crippen molar-refractivity contribution in [2.75, 3.05) is 23.8 Å². The normalized spacial score (nSPS) is 18.4. The molecule has 2 N–H and O–H groups in total. The third kappa shape index (κ3) is 3.40. The summed E-state index contributed by atoms with van der Waals surface area (Å²) in [4.78, 5) is 15.0. The summed E-state index contributed by atoms with van der Waals surface area (Å²) in [7, 11) is 1.79. The predicted molar refractivity (Wildman–Crippen MR) is 96.5 cm³/mol. The van der Waals surface area contributed by atoms with Gasteiger partial charge in [-0.25, -0.2) is 0 Å². The topological polar surface area (TPSA) is 64.2 Å². The van der Waals surface area contributed by atoms with E-state index in [1.165, 1.54) is 0 Å². The molecule has 7 heteroatoms. The predicted octanol–water partition coefficient (Wildman–Crippen LogP) is 2.75. The molecule has 2 rings (SSSR count). The Morgan fingerprint density at radius 3 is 2.55 bits per heavy atom. The van der Waals surface area contributed by atoms with Gasteiger partial charge in [0.25, 0.3) is 5.91 Å². The van der Waals surface area contributed by atoms with E-state index >= 15 is 0 Å². The highest BCUT2D eigenvalue weighted by molar-refractivity contribution is 8.17. The number of nitrogens with two attached hydrogens (primary N) is 1. The Kier molecular flexibility index (Phi) is 6.09. The number of hydrogen-bond donors (Lipinski definition) is 1. The first kappa shape index (κ1) is 17.5. The second kappa shape index (κ2) is 7.64. The molecule has 2 heterocycles. The van der Waals surface area contributed by atoms with E-state index in [-0.39, 0.29) is 11.9 Å². The quantitative estimate of drug-likeness (QED) is 0.805. The van der Waals surface area contributed by atoms with E-state index in [4.69, 9.17) is 5.73 Å². The van der Waals surface area contributed by atoms with Crippen molar-refractivity contribution in [3.05, 3.63) is 11.4 Å². The van der Waals surface area contributed by atoms with Crippen LogP contribution in [0.3, 0.4) is 0 Å². The Morgan fingerprint density at radius 1 is 1.41 bits per heavy atom. The lowest BCUT2D eigenvalue weighted by molar-refractivity contribution is 0.0736. The largest absolute Gasteiger partial charge is 0.395 e. The Labute approximate surface area is 141 Å². The molecule has 0 radical (unpaired) electrons. The highest BCUT2D eigenvalue weighted by Gasteiger charge is 2.37. The number of aromatic nitrogens is 2. The fourth-order valence-electron chi connectivity index (χ4n) is 2.99. The highest BCUT2D eigenvalue weighted by atomic mass is 32.2. The molecule has 0 unspecified atom stereocenters. The summed E-state index contributed by atoms with van der Waals surface area (Å²) < 4.78 is 2.06. The highest BCUT2D eigenvalue weighted by Crippen LogP contribution is 2.36. The van der Waals surface area contributed by atoms with Crippen LogP contribution in [0.25, 0.3) is 0 Å². The second-order valence-corrected chi connectivity index (χ2v) is 8.59. The Hall–Kier alpha value is -0.820. The third-order valence-corrected chi connectivity index (χ3v) is 6.78. The maximum atomic E-state index is 13.0. The van der Waals surface area contributed by atoms with Crippen LogP contribution in [-0.2, 0) is 7.05 Å². The number of aryl methyl sites for hydroxylation is 2. The maximum absolute atomic E-state index is 13.0. The number of nitrogens with zero attached hydrogens (tertiary/aromatic N) is 3. The molecule has 1 atom stereocenters. The molecule has 1 aliphatic heterocycles. The molecule has 1 amide bonds. The molecule has 0 aliphatic carbocycles. The summed E-state index contributed by atoms with van der Waals surface area (Å²) >= 11 is 3.89. The van der Waals surface area contributed by atoms with Crippen molar-refractivity contribution >= 4 is 35.1 Å². The van der Waals surface area contributed by atoms with E-state index in [9.17, 15) is 4.79 Å². The molecule has 1 aliphatic rings. The van der Waals surface area contributed by atoms with E-state index in [2.05, 4.69) is 18.9 Å². The van der Waals surface area contributed by atoms with Crippen molar-refractivity contribution in [3.8, 4) is 0 Å². The van der Waals surface area contributed by atoms with Crippen LogP contribution in [0, 0.1) is 6.92 Å². The van der Waals surface area contributed by atoms with Crippen LogP contribution in [0.1, 0.15) is 42.9 Å². The van der Waals surface area contributed by atoms with Crippen LogP contribution >= 0.6 is 23.5 Å². The summed E-state index contributed by atoms with van der Waals surface area (Å²) in [6.45, 7) is 7.02. The van der Waals surface area contributed by atoms with E-state index in [0.29, 0.717) is 16.0 Å². The minimum atomic E-state index is 0.0292. The van der Waals surface area contributed by atoms with E-state index < -0.39 is 0 Å². The first-order chi connectivity index (χ1) is 10.5. The Bertz CT molecular complexity index is 526. The van der Waals surface area contributed by atoms with Gasteiger partial charge in [0.1, 0.15) is 5.69 Å². The van der Waals surface area contributed by atoms with E-state index in [1.54, 1.807) is 11.7 Å². The summed E-state index contributed by atoms with van der Waals surface area (Å²) in [5.41, 5.74) is 7.84. The molecular weight excluding hydrogens is 316 g/mol. The van der Waals surface area contributed by atoms with Crippen LogP contribution in [0.4, 0.5) is 5.69 Å². The molecule has 1 aromatic rings. The minimum Gasteiger partial charge on any atom is -0.395 e. The Morgan fingerprint density at radius 2 is 2.05 bits per heavy atom. The standard InChI is InChI=1S/C15H26N4OS2/c1-5-21-15(22-6-2)11-8-7-9-19(11)14(20)13-12(16)10(3)17-18(13)4/h11,15H,5-9,16H2,1-4H3/t11-/m0/s1. The number of anilines is 1. The van der Waals surface area contributed by atoms with Gasteiger partial charge in [0.05, 0.1) is 22.0 Å². The van der Waals surface area contributed by atoms with Crippen molar-refractivity contribution in [1.29, 1.82) is 0 Å². The third-order valence-electron chi connectivity index (χ3n) is 4.01. The van der Waals surface area contributed by atoms with E-state index in [1.807, 2.05) is 35.3 Å². The molecular formula is C15H26N4OS2. The van der Waals surface area contributed by atoms with Gasteiger partial charge in [-0.05, 0) is 31.3 Å². The summed E-state index contributed by atoms with van der Waals surface area (Å²) in [5.74, 6) is 2.17. The molecule has 0 saturated carbocycles. The van der Waals surface area contributed by atoms with Crippen LogP contribution in [-0.4, -0.2) is 49.3 Å². The van der Waals surface area contributed by atoms with Crippen molar-refractivity contribution in [3.63, 3.8) is 0 Å². The van der Waals surface area contributed by atoms with Gasteiger partial charge < -0.3 is 10.6 Å². The number of hydrogen-bond acceptors (Lipinski definition) is 5. The second-order valence-electron chi connectivity index (χ2n) is 5.46. The lowest BCUT2D eigenvalue weighted by atomic mass is 10.2. The zero-order chi connectivity index (χ0) is 16.3. The average molecular weight is 343 g/mol. The van der Waals surface area contributed by atoms with E-state index in [0.717, 1.165) is 36.6 Å². The molecule has 0 bridgehead atoms. The molecule has 0 spiro atoms. The molecule has 1 saturated heterocycles. The SMILES string of the molecule is CCSC(SCC)[C@@H]1CCCN1C(=O)c1c(N)c(C)nn1C. The monoisotopic (exact) mass is 342 g/mol. The van der Waals surface area contributed by atoms with Gasteiger partial charge in [0, 0.05) is 13.6 Å². The molecule has 22 heavy (non-hydrogen) atoms. The zero-order valence-corrected chi connectivity index (χ0v) is 15.5. The van der Waals surface area contributed by atoms with Gasteiger partial charge in [-0.3, -0.25) is 9.48 Å². The van der Waals surface area contributed by atoms with Crippen molar-refractivity contribution < 1.29 is 4.79 Å². The van der Waals surface area contributed by atoms with Crippen LogP contribution in [0.5, 0.6) is 0 Å². The number of thioether (sulfide) groups is 2. The lowest BCUT2D eigenvalue weighted by Gasteiger charge is -2.31. The molecule has 5 nitrogen and oxygen atoms in total. The lowest BCUT2D eigenvalue weighted by Crippen LogP contribution is -2.41. The molecule has 1 aromatic heterocycles. The first-order valence-corrected chi connectivity index (χ1v) is 9.94. The fourth-order valence-corrected chi connectivity index (χ4v) is 5.86. The van der Waals surface area contributed by atoms with Gasteiger partial charge >= 0.3 is 0 Å².